The zero-order chi connectivity index (χ0) is 20.4. The number of hydrogen-bond acceptors (Lipinski definition) is 5. The molecule has 2 N–H and O–H groups in total. The van der Waals surface area contributed by atoms with Gasteiger partial charge in [-0.25, -0.2) is 0 Å². The maximum absolute atomic E-state index is 10.1. The molecule has 2 heterocycles. The number of aliphatic hydroxyl groups is 2. The molecule has 7 atom stereocenters. The molecule has 0 bridgehead atoms. The predicted octanol–water partition coefficient (Wildman–Crippen LogP) is 3.65. The number of ether oxygens (including phenoxy) is 3. The molecule has 0 aromatic rings. The molecular formula is C23H40O5. The van der Waals surface area contributed by atoms with Crippen LogP contribution in [-0.4, -0.2) is 53.1 Å². The molecule has 2 aliphatic carbocycles. The van der Waals surface area contributed by atoms with Crippen molar-refractivity contribution in [2.75, 3.05) is 19.8 Å². The van der Waals surface area contributed by atoms with Gasteiger partial charge in [0.2, 0.25) is 0 Å². The third kappa shape index (κ3) is 2.76. The molecule has 2 saturated heterocycles. The standard InChI is InChI=1S/C23H40O5/c1-16-6-7-17-20(4)15-26-19(2,3)27-18(20)8-9-21(17,5)23(16)11-10-22(14-25,28-23)12-13-24/h16-18,24-25H,6-15H2,1-5H3/t16-,17?,18+,20+,21+,22?,23-/m1/s1. The maximum Gasteiger partial charge on any atom is 0.163 e. The fraction of sp³-hybridized carbons (Fsp3) is 1.00. The van der Waals surface area contributed by atoms with Gasteiger partial charge in [-0.3, -0.25) is 0 Å². The quantitative estimate of drug-likeness (QED) is 0.762. The number of rotatable bonds is 3. The maximum atomic E-state index is 10.1. The Bertz CT molecular complexity index is 608. The molecule has 2 aliphatic heterocycles. The molecular weight excluding hydrogens is 356 g/mol. The highest BCUT2D eigenvalue weighted by Gasteiger charge is 2.70. The molecule has 0 aromatic heterocycles. The molecule has 0 amide bonds. The van der Waals surface area contributed by atoms with Crippen LogP contribution in [0.1, 0.15) is 79.6 Å². The average molecular weight is 397 g/mol. The van der Waals surface area contributed by atoms with E-state index in [0.29, 0.717) is 18.3 Å². The van der Waals surface area contributed by atoms with Crippen molar-refractivity contribution in [3.8, 4) is 0 Å². The largest absolute Gasteiger partial charge is 0.396 e. The molecule has 162 valence electrons. The lowest BCUT2D eigenvalue weighted by molar-refractivity contribution is -0.359. The molecule has 2 unspecified atom stereocenters. The van der Waals surface area contributed by atoms with Gasteiger partial charge in [0.05, 0.1) is 30.5 Å². The van der Waals surface area contributed by atoms with Gasteiger partial charge in [-0.15, -0.1) is 0 Å². The summed E-state index contributed by atoms with van der Waals surface area (Å²) in [6, 6.07) is 0. The van der Waals surface area contributed by atoms with Crippen molar-refractivity contribution in [2.24, 2.45) is 22.7 Å². The van der Waals surface area contributed by atoms with E-state index in [4.69, 9.17) is 14.2 Å². The third-order valence-electron chi connectivity index (χ3n) is 9.24. The SMILES string of the molecule is C[C@@H]1CCC2[C@]3(C)COC(C)(C)O[C@H]3CC[C@]2(C)[C@@]12CCC(CO)(CCO)O2. The van der Waals surface area contributed by atoms with Crippen molar-refractivity contribution < 1.29 is 24.4 Å². The summed E-state index contributed by atoms with van der Waals surface area (Å²) in [4.78, 5) is 0. The van der Waals surface area contributed by atoms with Crippen LogP contribution in [0, 0.1) is 22.7 Å². The number of hydrogen-bond donors (Lipinski definition) is 2. The van der Waals surface area contributed by atoms with Gasteiger partial charge in [-0.05, 0) is 64.2 Å². The first-order chi connectivity index (χ1) is 13.1. The summed E-state index contributed by atoms with van der Waals surface area (Å²) in [5.74, 6) is 0.409. The van der Waals surface area contributed by atoms with Crippen LogP contribution in [-0.2, 0) is 14.2 Å². The van der Waals surface area contributed by atoms with E-state index in [1.54, 1.807) is 0 Å². The number of aliphatic hydroxyl groups excluding tert-OH is 2. The van der Waals surface area contributed by atoms with E-state index in [0.717, 1.165) is 38.7 Å². The van der Waals surface area contributed by atoms with E-state index >= 15 is 0 Å². The third-order valence-corrected chi connectivity index (χ3v) is 9.24. The van der Waals surface area contributed by atoms with Gasteiger partial charge in [-0.2, -0.15) is 0 Å². The Hall–Kier alpha value is -0.200. The van der Waals surface area contributed by atoms with E-state index in [2.05, 4.69) is 20.8 Å². The zero-order valence-electron chi connectivity index (χ0n) is 18.4. The van der Waals surface area contributed by atoms with Gasteiger partial charge in [0.15, 0.2) is 5.79 Å². The van der Waals surface area contributed by atoms with Crippen LogP contribution in [0.15, 0.2) is 0 Å². The van der Waals surface area contributed by atoms with E-state index in [-0.39, 0.29) is 35.7 Å². The van der Waals surface area contributed by atoms with E-state index in [1.807, 2.05) is 13.8 Å². The molecule has 4 aliphatic rings. The minimum absolute atomic E-state index is 0.0108. The normalized spacial score (nSPS) is 53.0. The van der Waals surface area contributed by atoms with Crippen LogP contribution in [0.4, 0.5) is 0 Å². The lowest BCUT2D eigenvalue weighted by Gasteiger charge is -2.67. The first-order valence-corrected chi connectivity index (χ1v) is 11.3. The predicted molar refractivity (Wildman–Crippen MR) is 107 cm³/mol. The first kappa shape index (κ1) is 21.0. The minimum atomic E-state index is -0.590. The van der Waals surface area contributed by atoms with E-state index in [9.17, 15) is 10.2 Å². The Balaban J connectivity index is 1.70. The van der Waals surface area contributed by atoms with E-state index in [1.165, 1.54) is 6.42 Å². The summed E-state index contributed by atoms with van der Waals surface area (Å²) < 4.78 is 19.5. The van der Waals surface area contributed by atoms with Gasteiger partial charge >= 0.3 is 0 Å². The molecule has 0 aromatic carbocycles. The van der Waals surface area contributed by atoms with Crippen molar-refractivity contribution in [2.45, 2.75) is 103 Å². The summed E-state index contributed by atoms with van der Waals surface area (Å²) in [6.07, 6.45) is 6.95. The van der Waals surface area contributed by atoms with Gasteiger partial charge < -0.3 is 24.4 Å². The van der Waals surface area contributed by atoms with Crippen LogP contribution in [0.3, 0.4) is 0 Å². The molecule has 5 nitrogen and oxygen atoms in total. The summed E-state index contributed by atoms with van der Waals surface area (Å²) in [5, 5.41) is 19.7. The molecule has 1 spiro atoms. The molecule has 5 heteroatoms. The van der Waals surface area contributed by atoms with Gasteiger partial charge in [0.25, 0.3) is 0 Å². The monoisotopic (exact) mass is 396 g/mol. The Morgan fingerprint density at radius 2 is 1.71 bits per heavy atom. The van der Waals surface area contributed by atoms with Crippen molar-refractivity contribution in [3.05, 3.63) is 0 Å². The second kappa shape index (κ2) is 6.65. The van der Waals surface area contributed by atoms with Crippen molar-refractivity contribution in [1.29, 1.82) is 0 Å². The van der Waals surface area contributed by atoms with E-state index < -0.39 is 11.4 Å². The highest BCUT2D eigenvalue weighted by molar-refractivity contribution is 5.18. The second-order valence-electron chi connectivity index (χ2n) is 11.1. The summed E-state index contributed by atoms with van der Waals surface area (Å²) in [6.45, 7) is 12.0. The van der Waals surface area contributed by atoms with Crippen LogP contribution < -0.4 is 0 Å². The zero-order valence-corrected chi connectivity index (χ0v) is 18.4. The highest BCUT2D eigenvalue weighted by atomic mass is 16.7. The molecule has 2 saturated carbocycles. The minimum Gasteiger partial charge on any atom is -0.396 e. The van der Waals surface area contributed by atoms with Crippen molar-refractivity contribution in [3.63, 3.8) is 0 Å². The van der Waals surface area contributed by atoms with Crippen LogP contribution >= 0.6 is 0 Å². The Morgan fingerprint density at radius 1 is 0.964 bits per heavy atom. The van der Waals surface area contributed by atoms with Crippen molar-refractivity contribution >= 4 is 0 Å². The van der Waals surface area contributed by atoms with Crippen molar-refractivity contribution in [1.82, 2.24) is 0 Å². The topological polar surface area (TPSA) is 68.2 Å². The van der Waals surface area contributed by atoms with Crippen LogP contribution in [0.2, 0.25) is 0 Å². The van der Waals surface area contributed by atoms with Crippen LogP contribution in [0.5, 0.6) is 0 Å². The first-order valence-electron chi connectivity index (χ1n) is 11.3. The molecule has 4 fully saturated rings. The molecule has 0 radical (unpaired) electrons. The molecule has 28 heavy (non-hydrogen) atoms. The Kier molecular flexibility index (Phi) is 5.00. The highest BCUT2D eigenvalue weighted by Crippen LogP contribution is 2.69. The summed E-state index contributed by atoms with van der Waals surface area (Å²) in [5.41, 5.74) is -0.820. The van der Waals surface area contributed by atoms with Gasteiger partial charge in [-0.1, -0.05) is 20.8 Å². The Morgan fingerprint density at radius 3 is 2.39 bits per heavy atom. The fourth-order valence-corrected chi connectivity index (χ4v) is 7.57. The van der Waals surface area contributed by atoms with Gasteiger partial charge in [0, 0.05) is 23.9 Å². The summed E-state index contributed by atoms with van der Waals surface area (Å²) in [7, 11) is 0. The van der Waals surface area contributed by atoms with Crippen LogP contribution in [0.25, 0.3) is 0 Å². The van der Waals surface area contributed by atoms with Gasteiger partial charge in [0.1, 0.15) is 0 Å². The second-order valence-corrected chi connectivity index (χ2v) is 11.1. The average Bonchev–Trinajstić information content (AvgIpc) is 3.03. The molecule has 4 rings (SSSR count). The lowest BCUT2D eigenvalue weighted by Crippen LogP contribution is -2.69. The fourth-order valence-electron chi connectivity index (χ4n) is 7.57. The summed E-state index contributed by atoms with van der Waals surface area (Å²) >= 11 is 0. The Labute approximate surface area is 170 Å². The lowest BCUT2D eigenvalue weighted by atomic mass is 9.43. The number of fused-ring (bicyclic) bond motifs is 4. The smallest absolute Gasteiger partial charge is 0.163 e.